The van der Waals surface area contributed by atoms with Crippen LogP contribution in [0.5, 0.6) is 5.75 Å². The Bertz CT molecular complexity index is 502. The molecule has 0 radical (unpaired) electrons. The van der Waals surface area contributed by atoms with Gasteiger partial charge < -0.3 is 10.5 Å². The van der Waals surface area contributed by atoms with Gasteiger partial charge in [0, 0.05) is 22.5 Å². The molecule has 1 aromatic heterocycles. The predicted molar refractivity (Wildman–Crippen MR) is 70.8 cm³/mol. The zero-order valence-electron chi connectivity index (χ0n) is 8.82. The number of hydrogen-bond donors (Lipinski definition) is 1. The van der Waals surface area contributed by atoms with Crippen LogP contribution in [-0.2, 0) is 13.2 Å². The van der Waals surface area contributed by atoms with Gasteiger partial charge >= 0.3 is 0 Å². The van der Waals surface area contributed by atoms with Crippen LogP contribution in [0, 0.1) is 0 Å². The molecule has 2 aromatic rings. The third-order valence-electron chi connectivity index (χ3n) is 2.15. The molecule has 0 fully saturated rings. The molecule has 3 nitrogen and oxygen atoms in total. The minimum Gasteiger partial charge on any atom is -0.485 e. The van der Waals surface area contributed by atoms with E-state index in [9.17, 15) is 0 Å². The Morgan fingerprint density at radius 1 is 1.35 bits per heavy atom. The number of ether oxygens (including phenoxy) is 1. The molecule has 0 spiro atoms. The predicted octanol–water partition coefficient (Wildman–Crippen LogP) is 3.49. The van der Waals surface area contributed by atoms with E-state index in [0.29, 0.717) is 28.9 Å². The van der Waals surface area contributed by atoms with Crippen molar-refractivity contribution in [1.29, 1.82) is 0 Å². The van der Waals surface area contributed by atoms with E-state index < -0.39 is 0 Å². The summed E-state index contributed by atoms with van der Waals surface area (Å²) in [4.78, 5) is 4.13. The minimum absolute atomic E-state index is 0.326. The first kappa shape index (κ1) is 12.6. The largest absolute Gasteiger partial charge is 0.485 e. The summed E-state index contributed by atoms with van der Waals surface area (Å²) in [5, 5.41) is 2.94. The van der Waals surface area contributed by atoms with Gasteiger partial charge in [-0.1, -0.05) is 23.2 Å². The second kappa shape index (κ2) is 5.69. The van der Waals surface area contributed by atoms with Gasteiger partial charge in [0.05, 0.1) is 16.2 Å². The molecule has 2 rings (SSSR count). The second-order valence-corrected chi connectivity index (χ2v) is 4.91. The molecule has 0 atom stereocenters. The number of benzene rings is 1. The number of rotatable bonds is 4. The number of thiazole rings is 1. The maximum atomic E-state index is 6.07. The molecule has 0 aliphatic rings. The number of aromatic nitrogens is 1. The van der Waals surface area contributed by atoms with E-state index in [-0.39, 0.29) is 0 Å². The number of halogens is 2. The highest BCUT2D eigenvalue weighted by molar-refractivity contribution is 7.07. The van der Waals surface area contributed by atoms with Crippen molar-refractivity contribution in [2.75, 3.05) is 0 Å². The van der Waals surface area contributed by atoms with Crippen LogP contribution in [0.15, 0.2) is 23.0 Å². The molecule has 6 heteroatoms. The molecule has 0 bridgehead atoms. The lowest BCUT2D eigenvalue weighted by atomic mass is 10.2. The Kier molecular flexibility index (Phi) is 4.23. The monoisotopic (exact) mass is 288 g/mol. The summed E-state index contributed by atoms with van der Waals surface area (Å²) < 4.78 is 5.63. The summed E-state index contributed by atoms with van der Waals surface area (Å²) in [6.45, 7) is 0.699. The summed E-state index contributed by atoms with van der Waals surface area (Å²) in [7, 11) is 0. The summed E-state index contributed by atoms with van der Waals surface area (Å²) in [5.41, 5.74) is 9.04. The van der Waals surface area contributed by atoms with Crippen LogP contribution in [-0.4, -0.2) is 4.98 Å². The van der Waals surface area contributed by atoms with Gasteiger partial charge in [0.1, 0.15) is 12.4 Å². The summed E-state index contributed by atoms with van der Waals surface area (Å²) in [6.07, 6.45) is 0. The van der Waals surface area contributed by atoms with Crippen LogP contribution < -0.4 is 10.5 Å². The quantitative estimate of drug-likeness (QED) is 0.937. The minimum atomic E-state index is 0.326. The van der Waals surface area contributed by atoms with Gasteiger partial charge in [-0.05, 0) is 12.1 Å². The van der Waals surface area contributed by atoms with E-state index >= 15 is 0 Å². The fourth-order valence-corrected chi connectivity index (χ4v) is 2.52. The summed E-state index contributed by atoms with van der Waals surface area (Å²) >= 11 is 13.5. The van der Waals surface area contributed by atoms with Crippen molar-refractivity contribution in [3.05, 3.63) is 44.3 Å². The Morgan fingerprint density at radius 3 is 2.82 bits per heavy atom. The zero-order chi connectivity index (χ0) is 12.3. The number of hydrogen-bond acceptors (Lipinski definition) is 4. The highest BCUT2D eigenvalue weighted by Crippen LogP contribution is 2.32. The van der Waals surface area contributed by atoms with Gasteiger partial charge in [-0.15, -0.1) is 11.3 Å². The molecule has 17 heavy (non-hydrogen) atoms. The van der Waals surface area contributed by atoms with Crippen LogP contribution in [0.3, 0.4) is 0 Å². The standard InChI is InChI=1S/C11H10Cl2N2OS/c12-8-1-7(3-14)11(10(13)2-8)16-4-9-5-17-6-15-9/h1-2,5-6H,3-4,14H2. The van der Waals surface area contributed by atoms with Crippen molar-refractivity contribution < 1.29 is 4.74 Å². The molecule has 0 aliphatic heterocycles. The number of nitrogens with zero attached hydrogens (tertiary/aromatic N) is 1. The molecular weight excluding hydrogens is 279 g/mol. The van der Waals surface area contributed by atoms with Crippen molar-refractivity contribution in [2.24, 2.45) is 5.73 Å². The molecule has 2 N–H and O–H groups in total. The molecule has 1 heterocycles. The van der Waals surface area contributed by atoms with Gasteiger partial charge in [0.25, 0.3) is 0 Å². The third-order valence-corrected chi connectivity index (χ3v) is 3.29. The SMILES string of the molecule is NCc1cc(Cl)cc(Cl)c1OCc1cscn1. The molecule has 0 saturated heterocycles. The van der Waals surface area contributed by atoms with Crippen LogP contribution >= 0.6 is 34.5 Å². The molecule has 0 aliphatic carbocycles. The molecule has 0 saturated carbocycles. The average Bonchev–Trinajstić information content (AvgIpc) is 2.79. The second-order valence-electron chi connectivity index (χ2n) is 3.35. The van der Waals surface area contributed by atoms with E-state index in [0.717, 1.165) is 11.3 Å². The highest BCUT2D eigenvalue weighted by atomic mass is 35.5. The van der Waals surface area contributed by atoms with Crippen molar-refractivity contribution in [2.45, 2.75) is 13.2 Å². The van der Waals surface area contributed by atoms with Crippen LogP contribution in [0.25, 0.3) is 0 Å². The normalized spacial score (nSPS) is 10.5. The molecule has 0 amide bonds. The average molecular weight is 289 g/mol. The molecule has 90 valence electrons. The van der Waals surface area contributed by atoms with E-state index in [2.05, 4.69) is 4.98 Å². The van der Waals surface area contributed by atoms with Crippen molar-refractivity contribution in [3.63, 3.8) is 0 Å². The van der Waals surface area contributed by atoms with Crippen LogP contribution in [0.2, 0.25) is 10.0 Å². The Hall–Kier alpha value is -0.810. The summed E-state index contributed by atoms with van der Waals surface area (Å²) in [5.74, 6) is 0.576. The first-order valence-electron chi connectivity index (χ1n) is 4.88. The Morgan fingerprint density at radius 2 is 2.18 bits per heavy atom. The molecule has 1 aromatic carbocycles. The Balaban J connectivity index is 2.19. The fraction of sp³-hybridized carbons (Fsp3) is 0.182. The molecule has 0 unspecified atom stereocenters. The van der Waals surface area contributed by atoms with Crippen LogP contribution in [0.1, 0.15) is 11.3 Å². The van der Waals surface area contributed by atoms with E-state index in [4.69, 9.17) is 33.7 Å². The first-order valence-corrected chi connectivity index (χ1v) is 6.58. The third kappa shape index (κ3) is 3.10. The summed E-state index contributed by atoms with van der Waals surface area (Å²) in [6, 6.07) is 3.39. The smallest absolute Gasteiger partial charge is 0.143 e. The maximum absolute atomic E-state index is 6.07. The number of nitrogens with two attached hydrogens (primary N) is 1. The lowest BCUT2D eigenvalue weighted by Gasteiger charge is -2.11. The van der Waals surface area contributed by atoms with Gasteiger partial charge in [-0.2, -0.15) is 0 Å². The lowest BCUT2D eigenvalue weighted by Crippen LogP contribution is -2.03. The van der Waals surface area contributed by atoms with Crippen molar-refractivity contribution in [3.8, 4) is 5.75 Å². The van der Waals surface area contributed by atoms with E-state index in [1.807, 2.05) is 5.38 Å². The van der Waals surface area contributed by atoms with Crippen molar-refractivity contribution in [1.82, 2.24) is 4.98 Å². The van der Waals surface area contributed by atoms with E-state index in [1.165, 1.54) is 11.3 Å². The van der Waals surface area contributed by atoms with Crippen molar-refractivity contribution >= 4 is 34.5 Å². The van der Waals surface area contributed by atoms with E-state index in [1.54, 1.807) is 17.6 Å². The fourth-order valence-electron chi connectivity index (χ4n) is 1.38. The first-order chi connectivity index (χ1) is 8.20. The maximum Gasteiger partial charge on any atom is 0.143 e. The molecular formula is C11H10Cl2N2OS. The van der Waals surface area contributed by atoms with Gasteiger partial charge in [0.2, 0.25) is 0 Å². The van der Waals surface area contributed by atoms with Gasteiger partial charge in [-0.25, -0.2) is 4.98 Å². The zero-order valence-corrected chi connectivity index (χ0v) is 11.1. The van der Waals surface area contributed by atoms with Gasteiger partial charge in [-0.3, -0.25) is 0 Å². The lowest BCUT2D eigenvalue weighted by molar-refractivity contribution is 0.299. The van der Waals surface area contributed by atoms with Gasteiger partial charge in [0.15, 0.2) is 0 Å². The Labute approximate surface area is 113 Å². The van der Waals surface area contributed by atoms with Crippen LogP contribution in [0.4, 0.5) is 0 Å². The highest BCUT2D eigenvalue weighted by Gasteiger charge is 2.10. The topological polar surface area (TPSA) is 48.1 Å².